The highest BCUT2D eigenvalue weighted by Crippen LogP contribution is 2.17. The summed E-state index contributed by atoms with van der Waals surface area (Å²) in [6.07, 6.45) is 0.567. The molecule has 0 amide bonds. The van der Waals surface area contributed by atoms with Crippen LogP contribution in [0.5, 0.6) is 0 Å². The second-order valence-corrected chi connectivity index (χ2v) is 4.52. The van der Waals surface area contributed by atoms with E-state index in [0.717, 1.165) is 17.6 Å². The van der Waals surface area contributed by atoms with Crippen molar-refractivity contribution in [3.63, 3.8) is 0 Å². The lowest BCUT2D eigenvalue weighted by Gasteiger charge is -2.16. The van der Waals surface area contributed by atoms with Crippen molar-refractivity contribution in [3.05, 3.63) is 34.3 Å². The van der Waals surface area contributed by atoms with Crippen molar-refractivity contribution in [2.24, 2.45) is 10.9 Å². The number of amidine groups is 1. The van der Waals surface area contributed by atoms with E-state index in [1.54, 1.807) is 0 Å². The molecule has 1 rings (SSSR count). The minimum Gasteiger partial charge on any atom is -0.409 e. The van der Waals surface area contributed by atoms with E-state index in [0.29, 0.717) is 6.42 Å². The second kappa shape index (κ2) is 6.50. The SMILES string of the molecule is CN(CC/C(N)=N/O)Cc1ccccc1Br. The normalized spacial score (nSPS) is 12.1. The van der Waals surface area contributed by atoms with E-state index in [1.165, 1.54) is 5.56 Å². The summed E-state index contributed by atoms with van der Waals surface area (Å²) in [7, 11) is 2.00. The number of benzene rings is 1. The lowest BCUT2D eigenvalue weighted by Crippen LogP contribution is -2.24. The van der Waals surface area contributed by atoms with Crippen LogP contribution in [0.15, 0.2) is 33.9 Å². The lowest BCUT2D eigenvalue weighted by molar-refractivity contribution is 0.309. The number of oxime groups is 1. The van der Waals surface area contributed by atoms with Crippen LogP contribution in [0.4, 0.5) is 0 Å². The molecule has 0 radical (unpaired) electrons. The highest BCUT2D eigenvalue weighted by molar-refractivity contribution is 9.10. The number of rotatable bonds is 5. The number of halogens is 1. The van der Waals surface area contributed by atoms with Gasteiger partial charge in [0, 0.05) is 24.0 Å². The summed E-state index contributed by atoms with van der Waals surface area (Å²) >= 11 is 3.50. The zero-order chi connectivity index (χ0) is 12.0. The van der Waals surface area contributed by atoms with Gasteiger partial charge in [-0.15, -0.1) is 0 Å². The fourth-order valence-electron chi connectivity index (χ4n) is 1.35. The number of nitrogens with two attached hydrogens (primary N) is 1. The summed E-state index contributed by atoms with van der Waals surface area (Å²) in [5.41, 5.74) is 6.64. The zero-order valence-electron chi connectivity index (χ0n) is 9.23. The Kier molecular flexibility index (Phi) is 5.28. The highest BCUT2D eigenvalue weighted by atomic mass is 79.9. The van der Waals surface area contributed by atoms with Gasteiger partial charge < -0.3 is 15.8 Å². The maximum Gasteiger partial charge on any atom is 0.140 e. The van der Waals surface area contributed by atoms with Gasteiger partial charge in [0.15, 0.2) is 0 Å². The third kappa shape index (κ3) is 4.20. The van der Waals surface area contributed by atoms with Gasteiger partial charge in [-0.3, -0.25) is 0 Å². The lowest BCUT2D eigenvalue weighted by atomic mass is 10.2. The van der Waals surface area contributed by atoms with E-state index in [9.17, 15) is 0 Å². The van der Waals surface area contributed by atoms with Gasteiger partial charge in [0.05, 0.1) is 0 Å². The zero-order valence-corrected chi connectivity index (χ0v) is 10.8. The Morgan fingerprint density at radius 1 is 1.50 bits per heavy atom. The summed E-state index contributed by atoms with van der Waals surface area (Å²) < 4.78 is 1.10. The minimum absolute atomic E-state index is 0.263. The fourth-order valence-corrected chi connectivity index (χ4v) is 1.76. The Morgan fingerprint density at radius 2 is 2.19 bits per heavy atom. The summed E-state index contributed by atoms with van der Waals surface area (Å²) in [5.74, 6) is 0.263. The summed E-state index contributed by atoms with van der Waals surface area (Å²) in [4.78, 5) is 2.12. The van der Waals surface area contributed by atoms with E-state index in [4.69, 9.17) is 10.9 Å². The molecule has 0 saturated carbocycles. The van der Waals surface area contributed by atoms with Gasteiger partial charge in [-0.05, 0) is 18.7 Å². The average Bonchev–Trinajstić information content (AvgIpc) is 2.29. The van der Waals surface area contributed by atoms with Crippen LogP contribution in [-0.2, 0) is 6.54 Å². The third-order valence-electron chi connectivity index (χ3n) is 2.28. The van der Waals surface area contributed by atoms with Gasteiger partial charge >= 0.3 is 0 Å². The van der Waals surface area contributed by atoms with Crippen molar-refractivity contribution in [2.45, 2.75) is 13.0 Å². The Hall–Kier alpha value is -1.07. The standard InChI is InChI=1S/C11H16BrN3O/c1-15(7-6-11(13)14-16)8-9-4-2-3-5-10(9)12/h2-5,16H,6-8H2,1H3,(H2,13,14). The fraction of sp³-hybridized carbons (Fsp3) is 0.364. The quantitative estimate of drug-likeness (QED) is 0.377. The predicted octanol–water partition coefficient (Wildman–Crippen LogP) is 2.02. The first kappa shape index (κ1) is 13.0. The molecular weight excluding hydrogens is 270 g/mol. The molecule has 0 spiro atoms. The first-order valence-corrected chi connectivity index (χ1v) is 5.81. The van der Waals surface area contributed by atoms with Crippen LogP contribution in [0.25, 0.3) is 0 Å². The Balaban J connectivity index is 2.46. The molecule has 16 heavy (non-hydrogen) atoms. The topological polar surface area (TPSA) is 61.8 Å². The molecule has 0 aliphatic carbocycles. The van der Waals surface area contributed by atoms with Gasteiger partial charge in [0.2, 0.25) is 0 Å². The van der Waals surface area contributed by atoms with Crippen LogP contribution in [0.2, 0.25) is 0 Å². The van der Waals surface area contributed by atoms with Crippen molar-refractivity contribution < 1.29 is 5.21 Å². The van der Waals surface area contributed by atoms with Crippen LogP contribution in [0.3, 0.4) is 0 Å². The van der Waals surface area contributed by atoms with Gasteiger partial charge in [-0.2, -0.15) is 0 Å². The van der Waals surface area contributed by atoms with Crippen molar-refractivity contribution in [1.82, 2.24) is 4.90 Å². The maximum absolute atomic E-state index is 8.42. The molecule has 0 aromatic heterocycles. The van der Waals surface area contributed by atoms with Crippen LogP contribution >= 0.6 is 15.9 Å². The molecule has 0 aliphatic rings. The molecule has 1 aromatic carbocycles. The monoisotopic (exact) mass is 285 g/mol. The van der Waals surface area contributed by atoms with Crippen LogP contribution in [0, 0.1) is 0 Å². The summed E-state index contributed by atoms with van der Waals surface area (Å²) in [5, 5.41) is 11.4. The Labute approximate surface area is 104 Å². The van der Waals surface area contributed by atoms with Crippen molar-refractivity contribution in [3.8, 4) is 0 Å². The third-order valence-corrected chi connectivity index (χ3v) is 3.05. The largest absolute Gasteiger partial charge is 0.409 e. The van der Waals surface area contributed by atoms with Gasteiger partial charge in [0.1, 0.15) is 5.84 Å². The van der Waals surface area contributed by atoms with E-state index < -0.39 is 0 Å². The smallest absolute Gasteiger partial charge is 0.140 e. The second-order valence-electron chi connectivity index (χ2n) is 3.67. The van der Waals surface area contributed by atoms with E-state index in [2.05, 4.69) is 32.1 Å². The average molecular weight is 286 g/mol. The molecular formula is C11H16BrN3O. The van der Waals surface area contributed by atoms with Gasteiger partial charge in [-0.1, -0.05) is 39.3 Å². The summed E-state index contributed by atoms with van der Waals surface area (Å²) in [6.45, 7) is 1.59. The predicted molar refractivity (Wildman–Crippen MR) is 68.5 cm³/mol. The van der Waals surface area contributed by atoms with E-state index >= 15 is 0 Å². The molecule has 0 atom stereocenters. The summed E-state index contributed by atoms with van der Waals surface area (Å²) in [6, 6.07) is 8.10. The Bertz CT molecular complexity index is 368. The molecule has 0 heterocycles. The molecule has 1 aromatic rings. The molecule has 88 valence electrons. The molecule has 0 saturated heterocycles. The Morgan fingerprint density at radius 3 is 2.81 bits per heavy atom. The maximum atomic E-state index is 8.42. The molecule has 0 aliphatic heterocycles. The van der Waals surface area contributed by atoms with Crippen molar-refractivity contribution >= 4 is 21.8 Å². The molecule has 4 nitrogen and oxygen atoms in total. The molecule has 5 heteroatoms. The molecule has 3 N–H and O–H groups in total. The van der Waals surface area contributed by atoms with E-state index in [1.807, 2.05) is 25.2 Å². The van der Waals surface area contributed by atoms with Crippen molar-refractivity contribution in [2.75, 3.05) is 13.6 Å². The molecule has 0 fully saturated rings. The first-order chi connectivity index (χ1) is 7.63. The van der Waals surface area contributed by atoms with Crippen LogP contribution in [-0.4, -0.2) is 29.5 Å². The number of nitrogens with zero attached hydrogens (tertiary/aromatic N) is 2. The molecule has 0 unspecified atom stereocenters. The highest BCUT2D eigenvalue weighted by Gasteiger charge is 2.04. The minimum atomic E-state index is 0.263. The van der Waals surface area contributed by atoms with Gasteiger partial charge in [0.25, 0.3) is 0 Å². The van der Waals surface area contributed by atoms with Crippen molar-refractivity contribution in [1.29, 1.82) is 0 Å². The molecule has 0 bridgehead atoms. The number of hydrogen-bond donors (Lipinski definition) is 2. The van der Waals surface area contributed by atoms with Crippen LogP contribution < -0.4 is 5.73 Å². The first-order valence-electron chi connectivity index (χ1n) is 5.02. The number of hydrogen-bond acceptors (Lipinski definition) is 3. The van der Waals surface area contributed by atoms with E-state index in [-0.39, 0.29) is 5.84 Å². The van der Waals surface area contributed by atoms with Gasteiger partial charge in [-0.25, -0.2) is 0 Å². The van der Waals surface area contributed by atoms with Crippen LogP contribution in [0.1, 0.15) is 12.0 Å².